The summed E-state index contributed by atoms with van der Waals surface area (Å²) in [7, 11) is 0. The van der Waals surface area contributed by atoms with E-state index in [1.54, 1.807) is 22.2 Å². The van der Waals surface area contributed by atoms with Crippen molar-refractivity contribution in [2.45, 2.75) is 0 Å². The first kappa shape index (κ1) is 17.7. The number of nitrogens with zero attached hydrogens (tertiary/aromatic N) is 3. The highest BCUT2D eigenvalue weighted by atomic mass is 32.1. The summed E-state index contributed by atoms with van der Waals surface area (Å²) >= 11 is 1.59. The smallest absolute Gasteiger partial charge is 0.271 e. The zero-order chi connectivity index (χ0) is 19.3. The largest absolute Gasteiger partial charge is 0.508 e. The number of phenolic OH excluding ortho intramolecular Hbond substituents is 1. The molecule has 4 aromatic rings. The van der Waals surface area contributed by atoms with Crippen molar-refractivity contribution in [1.82, 2.24) is 15.2 Å². The van der Waals surface area contributed by atoms with Gasteiger partial charge in [-0.3, -0.25) is 4.79 Å². The summed E-state index contributed by atoms with van der Waals surface area (Å²) in [4.78, 5) is 13.2. The second-order valence-electron chi connectivity index (χ2n) is 5.94. The van der Waals surface area contributed by atoms with Crippen LogP contribution in [-0.2, 0) is 0 Å². The van der Waals surface area contributed by atoms with Crippen LogP contribution in [0.5, 0.6) is 5.75 Å². The molecule has 0 saturated carbocycles. The Hall–Kier alpha value is -3.71. The number of phenols is 1. The van der Waals surface area contributed by atoms with Crippen LogP contribution in [0.2, 0.25) is 0 Å². The lowest BCUT2D eigenvalue weighted by Crippen LogP contribution is -2.17. The molecule has 1 amide bonds. The van der Waals surface area contributed by atoms with E-state index in [4.69, 9.17) is 0 Å². The quantitative estimate of drug-likeness (QED) is 0.399. The van der Waals surface area contributed by atoms with Crippen molar-refractivity contribution in [2.75, 3.05) is 0 Å². The summed E-state index contributed by atoms with van der Waals surface area (Å²) in [5, 5.41) is 20.1. The highest BCUT2D eigenvalue weighted by Crippen LogP contribution is 2.26. The minimum atomic E-state index is -0.357. The maximum absolute atomic E-state index is 12.2. The number of hydrazone groups is 1. The number of nitrogens with one attached hydrogen (secondary N) is 1. The van der Waals surface area contributed by atoms with Crippen LogP contribution in [0, 0.1) is 0 Å². The van der Waals surface area contributed by atoms with Crippen LogP contribution in [0.15, 0.2) is 83.4 Å². The average Bonchev–Trinajstić information content (AvgIpc) is 3.39. The van der Waals surface area contributed by atoms with Crippen molar-refractivity contribution in [3.05, 3.63) is 89.4 Å². The van der Waals surface area contributed by atoms with E-state index in [1.807, 2.05) is 54.0 Å². The fourth-order valence-electron chi connectivity index (χ4n) is 2.64. The van der Waals surface area contributed by atoms with Crippen molar-refractivity contribution < 1.29 is 9.90 Å². The van der Waals surface area contributed by atoms with Gasteiger partial charge in [-0.25, -0.2) is 10.1 Å². The standard InChI is InChI=1S/C21H16N4O2S/c26-18-10-8-15(9-11-18)21(27)23-22-13-16-14-25(17-5-2-1-3-6-17)24-20(16)19-7-4-12-28-19/h1-14,26H,(H,23,27). The molecule has 0 saturated heterocycles. The van der Waals surface area contributed by atoms with Gasteiger partial charge in [0.05, 0.1) is 16.8 Å². The molecule has 2 N–H and O–H groups in total. The van der Waals surface area contributed by atoms with Crippen LogP contribution in [0.1, 0.15) is 15.9 Å². The minimum absolute atomic E-state index is 0.106. The van der Waals surface area contributed by atoms with Crippen LogP contribution in [-0.4, -0.2) is 27.0 Å². The SMILES string of the molecule is O=C(NN=Cc1cn(-c2ccccc2)nc1-c1cccs1)c1ccc(O)cc1. The number of aromatic hydroxyl groups is 1. The fourth-order valence-corrected chi connectivity index (χ4v) is 3.37. The topological polar surface area (TPSA) is 79.5 Å². The van der Waals surface area contributed by atoms with Crippen LogP contribution in [0.4, 0.5) is 0 Å². The van der Waals surface area contributed by atoms with E-state index in [-0.39, 0.29) is 11.7 Å². The highest BCUT2D eigenvalue weighted by Gasteiger charge is 2.12. The summed E-state index contributed by atoms with van der Waals surface area (Å²) < 4.78 is 1.79. The normalized spacial score (nSPS) is 11.0. The van der Waals surface area contributed by atoms with E-state index in [2.05, 4.69) is 15.6 Å². The number of amides is 1. The lowest BCUT2D eigenvalue weighted by molar-refractivity contribution is 0.0955. The Kier molecular flexibility index (Phi) is 4.99. The molecule has 0 aliphatic carbocycles. The maximum atomic E-state index is 12.2. The lowest BCUT2D eigenvalue weighted by Gasteiger charge is -1.99. The summed E-state index contributed by atoms with van der Waals surface area (Å²) in [6.07, 6.45) is 3.46. The summed E-state index contributed by atoms with van der Waals surface area (Å²) in [6, 6.07) is 19.7. The van der Waals surface area contributed by atoms with E-state index < -0.39 is 0 Å². The van der Waals surface area contributed by atoms with Gasteiger partial charge in [0.2, 0.25) is 0 Å². The molecule has 138 valence electrons. The molecule has 2 aromatic carbocycles. The Bertz CT molecular complexity index is 1100. The molecule has 0 bridgehead atoms. The van der Waals surface area contributed by atoms with Gasteiger partial charge >= 0.3 is 0 Å². The van der Waals surface area contributed by atoms with Gasteiger partial charge in [0.25, 0.3) is 5.91 Å². The number of thiophene rings is 1. The molecule has 6 nitrogen and oxygen atoms in total. The lowest BCUT2D eigenvalue weighted by atomic mass is 10.2. The second kappa shape index (κ2) is 7.89. The molecule has 7 heteroatoms. The first-order valence-corrected chi connectivity index (χ1v) is 9.40. The zero-order valence-corrected chi connectivity index (χ0v) is 15.5. The Labute approximate surface area is 165 Å². The number of carbonyl (C=O) groups is 1. The van der Waals surface area contributed by atoms with Gasteiger partial charge in [-0.1, -0.05) is 24.3 Å². The van der Waals surface area contributed by atoms with E-state index in [0.29, 0.717) is 5.56 Å². The van der Waals surface area contributed by atoms with Crippen molar-refractivity contribution in [2.24, 2.45) is 5.10 Å². The van der Waals surface area contributed by atoms with E-state index in [9.17, 15) is 9.90 Å². The molecule has 2 heterocycles. The molecule has 28 heavy (non-hydrogen) atoms. The summed E-state index contributed by atoms with van der Waals surface area (Å²) in [5.74, 6) is -0.252. The molecule has 0 aliphatic heterocycles. The van der Waals surface area contributed by atoms with Gasteiger partial charge in [0.15, 0.2) is 0 Å². The van der Waals surface area contributed by atoms with E-state index >= 15 is 0 Å². The van der Waals surface area contributed by atoms with Crippen LogP contribution >= 0.6 is 11.3 Å². The average molecular weight is 388 g/mol. The number of hydrogen-bond acceptors (Lipinski definition) is 5. The highest BCUT2D eigenvalue weighted by molar-refractivity contribution is 7.13. The number of rotatable bonds is 5. The molecule has 0 atom stereocenters. The third-order valence-corrected chi connectivity index (χ3v) is 4.89. The predicted molar refractivity (Wildman–Crippen MR) is 110 cm³/mol. The molecule has 0 aliphatic rings. The van der Waals surface area contributed by atoms with E-state index in [1.165, 1.54) is 24.3 Å². The van der Waals surface area contributed by atoms with Gasteiger partial charge in [0.1, 0.15) is 11.4 Å². The van der Waals surface area contributed by atoms with Crippen molar-refractivity contribution >= 4 is 23.5 Å². The van der Waals surface area contributed by atoms with Crippen LogP contribution in [0.25, 0.3) is 16.3 Å². The number of carbonyl (C=O) groups excluding carboxylic acids is 1. The van der Waals surface area contributed by atoms with Gasteiger partial charge in [-0.2, -0.15) is 10.2 Å². The first-order valence-electron chi connectivity index (χ1n) is 8.52. The molecule has 4 rings (SSSR count). The monoisotopic (exact) mass is 388 g/mol. The molecule has 2 aromatic heterocycles. The van der Waals surface area contributed by atoms with Crippen molar-refractivity contribution in [3.63, 3.8) is 0 Å². The maximum Gasteiger partial charge on any atom is 0.271 e. The third kappa shape index (κ3) is 3.84. The minimum Gasteiger partial charge on any atom is -0.508 e. The number of hydrogen-bond donors (Lipinski definition) is 2. The van der Waals surface area contributed by atoms with Crippen LogP contribution < -0.4 is 5.43 Å². The predicted octanol–water partition coefficient (Wildman–Crippen LogP) is 4.07. The van der Waals surface area contributed by atoms with Gasteiger partial charge in [0, 0.05) is 17.3 Å². The molecule has 0 fully saturated rings. The third-order valence-electron chi connectivity index (χ3n) is 4.02. The van der Waals surface area contributed by atoms with Gasteiger partial charge < -0.3 is 5.11 Å². The second-order valence-corrected chi connectivity index (χ2v) is 6.88. The fraction of sp³-hybridized carbons (Fsp3) is 0. The Morgan fingerprint density at radius 3 is 2.57 bits per heavy atom. The molecular weight excluding hydrogens is 372 g/mol. The van der Waals surface area contributed by atoms with Crippen molar-refractivity contribution in [1.29, 1.82) is 0 Å². The summed E-state index contributed by atoms with van der Waals surface area (Å²) in [5.41, 5.74) is 5.43. The van der Waals surface area contributed by atoms with E-state index in [0.717, 1.165) is 21.8 Å². The molecular formula is C21H16N4O2S. The van der Waals surface area contributed by atoms with Crippen LogP contribution in [0.3, 0.4) is 0 Å². The molecule has 0 spiro atoms. The molecule has 0 unspecified atom stereocenters. The Balaban J connectivity index is 1.59. The zero-order valence-electron chi connectivity index (χ0n) is 14.7. The Morgan fingerprint density at radius 2 is 1.86 bits per heavy atom. The summed E-state index contributed by atoms with van der Waals surface area (Å²) in [6.45, 7) is 0. The van der Waals surface area contributed by atoms with Crippen molar-refractivity contribution in [3.8, 4) is 22.0 Å². The number of benzene rings is 2. The van der Waals surface area contributed by atoms with Gasteiger partial charge in [-0.05, 0) is 47.8 Å². The first-order chi connectivity index (χ1) is 13.7. The Morgan fingerprint density at radius 1 is 1.07 bits per heavy atom. The number of aromatic nitrogens is 2. The number of para-hydroxylation sites is 1. The molecule has 0 radical (unpaired) electrons. The van der Waals surface area contributed by atoms with Gasteiger partial charge in [-0.15, -0.1) is 11.3 Å².